The highest BCUT2D eigenvalue weighted by atomic mass is 35.5. The predicted octanol–water partition coefficient (Wildman–Crippen LogP) is 3.49. The Morgan fingerprint density at radius 2 is 2.04 bits per heavy atom. The van der Waals surface area contributed by atoms with Gasteiger partial charge in [0, 0.05) is 18.4 Å². The smallest absolute Gasteiger partial charge is 0.353 e. The van der Waals surface area contributed by atoms with Crippen molar-refractivity contribution in [3.05, 3.63) is 35.4 Å². The van der Waals surface area contributed by atoms with Gasteiger partial charge in [0.1, 0.15) is 0 Å². The number of rotatable bonds is 5. The van der Waals surface area contributed by atoms with E-state index in [4.69, 9.17) is 0 Å². The van der Waals surface area contributed by atoms with Crippen molar-refractivity contribution < 1.29 is 18.0 Å². The van der Waals surface area contributed by atoms with E-state index in [0.29, 0.717) is 24.3 Å². The first kappa shape index (κ1) is 19.1. The monoisotopic (exact) mass is 362 g/mol. The Morgan fingerprint density at radius 1 is 1.29 bits per heavy atom. The van der Waals surface area contributed by atoms with Gasteiger partial charge in [0.25, 0.3) is 0 Å². The van der Waals surface area contributed by atoms with Crippen molar-refractivity contribution in [3.8, 4) is 0 Å². The summed E-state index contributed by atoms with van der Waals surface area (Å²) < 4.78 is 39.1. The molecule has 3 unspecified atom stereocenters. The van der Waals surface area contributed by atoms with Crippen LogP contribution in [0.3, 0.4) is 0 Å². The zero-order chi connectivity index (χ0) is 16.4. The summed E-state index contributed by atoms with van der Waals surface area (Å²) in [4.78, 5) is 12.0. The molecule has 7 heteroatoms. The molecule has 1 aliphatic carbocycles. The average Bonchev–Trinajstić information content (AvgIpc) is 3.06. The van der Waals surface area contributed by atoms with Crippen molar-refractivity contribution in [2.24, 2.45) is 5.92 Å². The lowest BCUT2D eigenvalue weighted by molar-refractivity contribution is -0.138. The zero-order valence-electron chi connectivity index (χ0n) is 13.2. The second-order valence-electron chi connectivity index (χ2n) is 6.50. The highest BCUT2D eigenvalue weighted by Gasteiger charge is 2.44. The van der Waals surface area contributed by atoms with Crippen LogP contribution in [-0.4, -0.2) is 25.0 Å². The van der Waals surface area contributed by atoms with Gasteiger partial charge in [-0.1, -0.05) is 18.2 Å². The molecule has 1 aliphatic heterocycles. The fourth-order valence-electron chi connectivity index (χ4n) is 3.35. The maximum atomic E-state index is 13.0. The topological polar surface area (TPSA) is 41.1 Å². The van der Waals surface area contributed by atoms with Crippen molar-refractivity contribution in [2.45, 2.75) is 43.8 Å². The molecule has 2 N–H and O–H groups in total. The first-order chi connectivity index (χ1) is 10.9. The molecule has 1 saturated carbocycles. The van der Waals surface area contributed by atoms with E-state index < -0.39 is 11.7 Å². The minimum absolute atomic E-state index is 0. The maximum Gasteiger partial charge on any atom is 0.416 e. The molecule has 1 saturated heterocycles. The Bertz CT molecular complexity index is 573. The molecule has 1 aromatic rings. The molecule has 0 aromatic heterocycles. The number of alkyl halides is 3. The Labute approximate surface area is 145 Å². The van der Waals surface area contributed by atoms with Crippen LogP contribution in [-0.2, 0) is 11.0 Å². The number of hydrogen-bond donors (Lipinski definition) is 2. The Hall–Kier alpha value is -1.27. The molecular formula is C17H22ClF3N2O. The largest absolute Gasteiger partial charge is 0.416 e. The number of carbonyl (C=O) groups excluding carboxylic acids is 1. The summed E-state index contributed by atoms with van der Waals surface area (Å²) in [6.45, 7) is 1.96. The van der Waals surface area contributed by atoms with Crippen LogP contribution in [0.2, 0.25) is 0 Å². The van der Waals surface area contributed by atoms with Crippen LogP contribution < -0.4 is 10.6 Å². The van der Waals surface area contributed by atoms with Gasteiger partial charge in [0.15, 0.2) is 0 Å². The summed E-state index contributed by atoms with van der Waals surface area (Å²) in [6, 6.07) is 5.49. The van der Waals surface area contributed by atoms with Crippen LogP contribution in [0.25, 0.3) is 0 Å². The van der Waals surface area contributed by atoms with E-state index in [1.165, 1.54) is 12.1 Å². The third-order valence-corrected chi connectivity index (χ3v) is 4.74. The number of amides is 1. The van der Waals surface area contributed by atoms with Crippen LogP contribution in [0.15, 0.2) is 24.3 Å². The van der Waals surface area contributed by atoms with Gasteiger partial charge in [-0.2, -0.15) is 13.2 Å². The molecular weight excluding hydrogens is 341 g/mol. The zero-order valence-corrected chi connectivity index (χ0v) is 14.1. The SMILES string of the molecule is Cl.O=C(CCC1CCNC1)NC1CC1c1ccccc1C(F)(F)F. The Balaban J connectivity index is 0.00000208. The van der Waals surface area contributed by atoms with E-state index in [0.717, 1.165) is 32.0 Å². The lowest BCUT2D eigenvalue weighted by Crippen LogP contribution is -2.27. The van der Waals surface area contributed by atoms with Gasteiger partial charge in [-0.3, -0.25) is 4.79 Å². The first-order valence-electron chi connectivity index (χ1n) is 8.11. The fourth-order valence-corrected chi connectivity index (χ4v) is 3.35. The van der Waals surface area contributed by atoms with Gasteiger partial charge in [-0.25, -0.2) is 0 Å². The van der Waals surface area contributed by atoms with Crippen molar-refractivity contribution in [2.75, 3.05) is 13.1 Å². The van der Waals surface area contributed by atoms with E-state index in [-0.39, 0.29) is 30.3 Å². The highest BCUT2D eigenvalue weighted by molar-refractivity contribution is 5.85. The van der Waals surface area contributed by atoms with Crippen LogP contribution in [0.4, 0.5) is 13.2 Å². The van der Waals surface area contributed by atoms with Gasteiger partial charge in [0.2, 0.25) is 5.91 Å². The van der Waals surface area contributed by atoms with Crippen LogP contribution in [0, 0.1) is 5.92 Å². The maximum absolute atomic E-state index is 13.0. The number of halogens is 4. The summed E-state index contributed by atoms with van der Waals surface area (Å²) in [7, 11) is 0. The summed E-state index contributed by atoms with van der Waals surface area (Å²) in [6.07, 6.45) is -1.36. The van der Waals surface area contributed by atoms with E-state index in [2.05, 4.69) is 10.6 Å². The highest BCUT2D eigenvalue weighted by Crippen LogP contribution is 2.46. The van der Waals surface area contributed by atoms with E-state index in [1.54, 1.807) is 6.07 Å². The number of carbonyl (C=O) groups is 1. The molecule has 3 rings (SSSR count). The normalized spacial score (nSPS) is 25.9. The Kier molecular flexibility index (Phi) is 6.15. The van der Waals surface area contributed by atoms with E-state index in [1.807, 2.05) is 0 Å². The molecule has 1 amide bonds. The summed E-state index contributed by atoms with van der Waals surface area (Å²) >= 11 is 0. The van der Waals surface area contributed by atoms with Gasteiger partial charge in [-0.15, -0.1) is 12.4 Å². The molecule has 0 radical (unpaired) electrons. The molecule has 2 aliphatic rings. The molecule has 0 spiro atoms. The second kappa shape index (κ2) is 7.74. The molecule has 24 heavy (non-hydrogen) atoms. The average molecular weight is 363 g/mol. The number of nitrogens with one attached hydrogen (secondary N) is 2. The van der Waals surface area contributed by atoms with Crippen LogP contribution in [0.5, 0.6) is 0 Å². The molecule has 0 bridgehead atoms. The molecule has 134 valence electrons. The number of benzene rings is 1. The first-order valence-corrected chi connectivity index (χ1v) is 8.11. The van der Waals surface area contributed by atoms with Crippen LogP contribution in [0.1, 0.15) is 42.7 Å². The summed E-state index contributed by atoms with van der Waals surface area (Å²) in [5, 5.41) is 6.14. The van der Waals surface area contributed by atoms with Crippen molar-refractivity contribution in [1.82, 2.24) is 10.6 Å². The van der Waals surface area contributed by atoms with Crippen LogP contribution >= 0.6 is 12.4 Å². The third-order valence-electron chi connectivity index (χ3n) is 4.74. The quantitative estimate of drug-likeness (QED) is 0.842. The van der Waals surface area contributed by atoms with Crippen molar-refractivity contribution in [3.63, 3.8) is 0 Å². The predicted molar refractivity (Wildman–Crippen MR) is 88.2 cm³/mol. The van der Waals surface area contributed by atoms with E-state index in [9.17, 15) is 18.0 Å². The molecule has 1 heterocycles. The van der Waals surface area contributed by atoms with Gasteiger partial charge in [-0.05, 0) is 49.9 Å². The minimum Gasteiger partial charge on any atom is -0.353 e. The molecule has 2 fully saturated rings. The standard InChI is InChI=1S/C17H21F3N2O.ClH/c18-17(19,20)14-4-2-1-3-12(14)13-9-15(13)22-16(23)6-5-11-7-8-21-10-11;/h1-4,11,13,15,21H,5-10H2,(H,22,23);1H. The Morgan fingerprint density at radius 3 is 2.71 bits per heavy atom. The summed E-state index contributed by atoms with van der Waals surface area (Å²) in [5.41, 5.74) is -0.288. The van der Waals surface area contributed by atoms with Gasteiger partial charge < -0.3 is 10.6 Å². The van der Waals surface area contributed by atoms with Gasteiger partial charge in [0.05, 0.1) is 5.56 Å². The fraction of sp³-hybridized carbons (Fsp3) is 0.588. The lowest BCUT2D eigenvalue weighted by atomic mass is 10.0. The molecule has 3 atom stereocenters. The van der Waals surface area contributed by atoms with Crippen molar-refractivity contribution in [1.29, 1.82) is 0 Å². The second-order valence-corrected chi connectivity index (χ2v) is 6.50. The van der Waals surface area contributed by atoms with Crippen molar-refractivity contribution >= 4 is 18.3 Å². The summed E-state index contributed by atoms with van der Waals surface area (Å²) in [5.74, 6) is 0.278. The third kappa shape index (κ3) is 4.63. The lowest BCUT2D eigenvalue weighted by Gasteiger charge is -2.13. The minimum atomic E-state index is -4.34. The van der Waals surface area contributed by atoms with Gasteiger partial charge >= 0.3 is 6.18 Å². The molecule has 3 nitrogen and oxygen atoms in total. The van der Waals surface area contributed by atoms with E-state index >= 15 is 0 Å². The number of hydrogen-bond acceptors (Lipinski definition) is 2. The molecule has 1 aromatic carbocycles.